The van der Waals surface area contributed by atoms with Crippen LogP contribution in [0.2, 0.25) is 10.0 Å². The number of carbonyl (C=O) groups is 2. The minimum atomic E-state index is -0.697. The van der Waals surface area contributed by atoms with Gasteiger partial charge in [-0.15, -0.1) is 0 Å². The molecule has 0 aliphatic carbocycles. The summed E-state index contributed by atoms with van der Waals surface area (Å²) < 4.78 is 15.6. The largest absolute Gasteiger partial charge is 0.454 e. The lowest BCUT2D eigenvalue weighted by molar-refractivity contribution is -0.124. The van der Waals surface area contributed by atoms with Gasteiger partial charge in [-0.1, -0.05) is 29.3 Å². The number of rotatable bonds is 5. The van der Waals surface area contributed by atoms with Crippen molar-refractivity contribution in [1.29, 1.82) is 0 Å². The fraction of sp³-hybridized carbons (Fsp3) is 0.222. The van der Waals surface area contributed by atoms with Gasteiger partial charge in [0.25, 0.3) is 5.91 Å². The van der Waals surface area contributed by atoms with Crippen LogP contribution in [0.1, 0.15) is 28.9 Å². The van der Waals surface area contributed by atoms with Crippen molar-refractivity contribution >= 4 is 35.1 Å². The molecule has 0 aromatic heterocycles. The van der Waals surface area contributed by atoms with Crippen LogP contribution in [-0.2, 0) is 9.53 Å². The van der Waals surface area contributed by atoms with Crippen LogP contribution in [0.4, 0.5) is 0 Å². The molecule has 1 heterocycles. The zero-order valence-corrected chi connectivity index (χ0v) is 15.3. The van der Waals surface area contributed by atoms with Gasteiger partial charge in [0, 0.05) is 5.02 Å². The fourth-order valence-corrected chi connectivity index (χ4v) is 2.90. The van der Waals surface area contributed by atoms with Gasteiger partial charge in [0.1, 0.15) is 0 Å². The van der Waals surface area contributed by atoms with Crippen molar-refractivity contribution in [2.45, 2.75) is 13.0 Å². The van der Waals surface area contributed by atoms with E-state index in [-0.39, 0.29) is 23.4 Å². The molecule has 1 amide bonds. The third-order valence-corrected chi connectivity index (χ3v) is 4.31. The Morgan fingerprint density at radius 1 is 1.15 bits per heavy atom. The van der Waals surface area contributed by atoms with Crippen LogP contribution in [0.15, 0.2) is 36.4 Å². The van der Waals surface area contributed by atoms with E-state index < -0.39 is 18.5 Å². The van der Waals surface area contributed by atoms with Gasteiger partial charge in [-0.2, -0.15) is 0 Å². The summed E-state index contributed by atoms with van der Waals surface area (Å²) in [6, 6.07) is 9.51. The molecule has 0 saturated heterocycles. The number of amides is 1. The van der Waals surface area contributed by atoms with Crippen LogP contribution < -0.4 is 14.8 Å². The molecule has 0 fully saturated rings. The summed E-state index contributed by atoms with van der Waals surface area (Å²) in [6.45, 7) is 1.57. The number of carbonyl (C=O) groups excluding carboxylic acids is 2. The molecule has 26 heavy (non-hydrogen) atoms. The molecule has 1 aliphatic rings. The Morgan fingerprint density at radius 2 is 1.92 bits per heavy atom. The smallest absolute Gasteiger partial charge is 0.340 e. The number of hydrogen-bond acceptors (Lipinski definition) is 5. The first-order valence-electron chi connectivity index (χ1n) is 7.75. The number of esters is 1. The SMILES string of the molecule is C[C@@H](NC(=O)COC(=O)c1ccc(Cl)cc1Cl)c1ccc2c(c1)OCO2. The minimum Gasteiger partial charge on any atom is -0.454 e. The Labute approximate surface area is 159 Å². The Morgan fingerprint density at radius 3 is 2.69 bits per heavy atom. The highest BCUT2D eigenvalue weighted by Gasteiger charge is 2.18. The summed E-state index contributed by atoms with van der Waals surface area (Å²) in [6.07, 6.45) is 0. The van der Waals surface area contributed by atoms with Gasteiger partial charge in [0.2, 0.25) is 6.79 Å². The number of ether oxygens (including phenoxy) is 3. The van der Waals surface area contributed by atoms with E-state index in [9.17, 15) is 9.59 Å². The van der Waals surface area contributed by atoms with Crippen molar-refractivity contribution in [2.75, 3.05) is 13.4 Å². The van der Waals surface area contributed by atoms with Gasteiger partial charge < -0.3 is 19.5 Å². The molecule has 8 heteroatoms. The van der Waals surface area contributed by atoms with Gasteiger partial charge >= 0.3 is 5.97 Å². The first-order chi connectivity index (χ1) is 12.4. The highest BCUT2D eigenvalue weighted by atomic mass is 35.5. The lowest BCUT2D eigenvalue weighted by atomic mass is 10.1. The average molecular weight is 396 g/mol. The number of nitrogens with one attached hydrogen (secondary N) is 1. The van der Waals surface area contributed by atoms with Crippen LogP contribution in [-0.4, -0.2) is 25.3 Å². The van der Waals surface area contributed by atoms with Gasteiger partial charge in [0.05, 0.1) is 16.6 Å². The molecule has 136 valence electrons. The van der Waals surface area contributed by atoms with E-state index in [4.69, 9.17) is 37.4 Å². The monoisotopic (exact) mass is 395 g/mol. The van der Waals surface area contributed by atoms with Gasteiger partial charge in [-0.05, 0) is 42.8 Å². The zero-order valence-electron chi connectivity index (χ0n) is 13.8. The second-order valence-corrected chi connectivity index (χ2v) is 6.45. The maximum atomic E-state index is 12.0. The zero-order chi connectivity index (χ0) is 18.7. The van der Waals surface area contributed by atoms with E-state index in [1.165, 1.54) is 18.2 Å². The summed E-state index contributed by atoms with van der Waals surface area (Å²) in [7, 11) is 0. The van der Waals surface area contributed by atoms with E-state index in [2.05, 4.69) is 5.32 Å². The summed E-state index contributed by atoms with van der Waals surface area (Å²) in [5.41, 5.74) is 0.988. The first kappa shape index (κ1) is 18.4. The summed E-state index contributed by atoms with van der Waals surface area (Å²) in [5, 5.41) is 3.32. The van der Waals surface area contributed by atoms with Crippen molar-refractivity contribution in [3.8, 4) is 11.5 Å². The normalized spacial score (nSPS) is 13.2. The predicted octanol–water partition coefficient (Wildman–Crippen LogP) is 3.76. The molecule has 0 saturated carbocycles. The number of hydrogen-bond donors (Lipinski definition) is 1. The molecule has 1 N–H and O–H groups in total. The second-order valence-electron chi connectivity index (χ2n) is 5.60. The van der Waals surface area contributed by atoms with Gasteiger partial charge in [-0.3, -0.25) is 4.79 Å². The second kappa shape index (κ2) is 7.85. The fourth-order valence-electron chi connectivity index (χ4n) is 2.41. The Bertz CT molecular complexity index is 855. The summed E-state index contributed by atoms with van der Waals surface area (Å²) in [4.78, 5) is 24.0. The van der Waals surface area contributed by atoms with Crippen molar-refractivity contribution in [2.24, 2.45) is 0 Å². The molecule has 0 spiro atoms. The molecule has 2 aromatic carbocycles. The van der Waals surface area contributed by atoms with Crippen LogP contribution in [0, 0.1) is 0 Å². The topological polar surface area (TPSA) is 73.9 Å². The number of fused-ring (bicyclic) bond motifs is 1. The molecule has 0 unspecified atom stereocenters. The molecule has 0 bridgehead atoms. The van der Waals surface area contributed by atoms with Crippen molar-refractivity contribution in [3.63, 3.8) is 0 Å². The lowest BCUT2D eigenvalue weighted by Gasteiger charge is -2.15. The summed E-state index contributed by atoms with van der Waals surface area (Å²) >= 11 is 11.7. The van der Waals surface area contributed by atoms with Crippen molar-refractivity contribution < 1.29 is 23.8 Å². The highest BCUT2D eigenvalue weighted by molar-refractivity contribution is 6.36. The molecule has 2 aromatic rings. The lowest BCUT2D eigenvalue weighted by Crippen LogP contribution is -2.31. The van der Waals surface area contributed by atoms with Gasteiger partial charge in [0.15, 0.2) is 18.1 Å². The van der Waals surface area contributed by atoms with E-state index in [0.29, 0.717) is 16.5 Å². The standard InChI is InChI=1S/C18H15Cl2NO5/c1-10(11-2-5-15-16(6-11)26-9-25-15)21-17(22)8-24-18(23)13-4-3-12(19)7-14(13)20/h2-7,10H,8-9H2,1H3,(H,21,22)/t10-/m1/s1. The first-order valence-corrected chi connectivity index (χ1v) is 8.50. The molecule has 1 aliphatic heterocycles. The molecule has 3 rings (SSSR count). The third-order valence-electron chi connectivity index (χ3n) is 3.76. The maximum Gasteiger partial charge on any atom is 0.340 e. The molecule has 1 atom stereocenters. The van der Waals surface area contributed by atoms with E-state index in [1.807, 2.05) is 13.0 Å². The number of halogens is 2. The molecule has 6 nitrogen and oxygen atoms in total. The Hall–Kier alpha value is -2.44. The Balaban J connectivity index is 1.54. The molecular weight excluding hydrogens is 381 g/mol. The van der Waals surface area contributed by atoms with Gasteiger partial charge in [-0.25, -0.2) is 4.79 Å². The molecule has 0 radical (unpaired) electrons. The molecular formula is C18H15Cl2NO5. The van der Waals surface area contributed by atoms with E-state index in [1.54, 1.807) is 12.1 Å². The third kappa shape index (κ3) is 4.20. The van der Waals surface area contributed by atoms with E-state index >= 15 is 0 Å². The van der Waals surface area contributed by atoms with Crippen LogP contribution in [0.5, 0.6) is 11.5 Å². The predicted molar refractivity (Wildman–Crippen MR) is 95.9 cm³/mol. The van der Waals surface area contributed by atoms with E-state index in [0.717, 1.165) is 5.56 Å². The maximum absolute atomic E-state index is 12.0. The van der Waals surface area contributed by atoms with Crippen LogP contribution >= 0.6 is 23.2 Å². The number of benzene rings is 2. The van der Waals surface area contributed by atoms with Crippen molar-refractivity contribution in [3.05, 3.63) is 57.6 Å². The van der Waals surface area contributed by atoms with Crippen molar-refractivity contribution in [1.82, 2.24) is 5.32 Å². The Kier molecular flexibility index (Phi) is 5.54. The van der Waals surface area contributed by atoms with Crippen LogP contribution in [0.25, 0.3) is 0 Å². The highest BCUT2D eigenvalue weighted by Crippen LogP contribution is 2.34. The summed E-state index contributed by atoms with van der Waals surface area (Å²) in [5.74, 6) is 0.166. The minimum absolute atomic E-state index is 0.146. The average Bonchev–Trinajstić information content (AvgIpc) is 3.07. The van der Waals surface area contributed by atoms with Crippen LogP contribution in [0.3, 0.4) is 0 Å². The quantitative estimate of drug-likeness (QED) is 0.780.